The maximum atomic E-state index is 4.76. The second-order valence-electron chi connectivity index (χ2n) is 7.28. The lowest BCUT2D eigenvalue weighted by atomic mass is 9.83. The largest absolute Gasteiger partial charge is 0.325 e. The minimum Gasteiger partial charge on any atom is -0.325 e. The van der Waals surface area contributed by atoms with E-state index in [1.54, 1.807) is 11.3 Å². The summed E-state index contributed by atoms with van der Waals surface area (Å²) in [6.45, 7) is 4.42. The Morgan fingerprint density at radius 3 is 2.88 bits per heavy atom. The summed E-state index contributed by atoms with van der Waals surface area (Å²) in [6, 6.07) is 10.1. The number of anilines is 2. The lowest BCUT2D eigenvalue weighted by molar-refractivity contribution is 0.343. The molecule has 3 aromatic heterocycles. The van der Waals surface area contributed by atoms with Gasteiger partial charge in [0, 0.05) is 18.3 Å². The van der Waals surface area contributed by atoms with Gasteiger partial charge in [-0.05, 0) is 55.5 Å². The first-order chi connectivity index (χ1) is 12.7. The summed E-state index contributed by atoms with van der Waals surface area (Å²) >= 11 is 1.79. The van der Waals surface area contributed by atoms with E-state index in [0.29, 0.717) is 5.92 Å². The van der Waals surface area contributed by atoms with Crippen molar-refractivity contribution in [3.05, 3.63) is 53.3 Å². The Balaban J connectivity index is 1.53. The third kappa shape index (κ3) is 3.93. The van der Waals surface area contributed by atoms with Gasteiger partial charge in [-0.25, -0.2) is 15.0 Å². The van der Waals surface area contributed by atoms with E-state index in [2.05, 4.69) is 30.2 Å². The standard InChI is InChI=1S/C21H24N4S/c1-14-5-3-6-16(11-14)21-23-13-18(26-21)17-7-4-8-19(24-17)25-20-12-15(2)9-10-22-20/h4,7-10,12-14,16H,3,5-6,11H2,1-2H3,(H,22,24,25). The highest BCUT2D eigenvalue weighted by atomic mass is 32.1. The summed E-state index contributed by atoms with van der Waals surface area (Å²) in [6.07, 6.45) is 9.00. The van der Waals surface area contributed by atoms with Crippen LogP contribution in [0.1, 0.15) is 49.1 Å². The Morgan fingerprint density at radius 2 is 2.04 bits per heavy atom. The van der Waals surface area contributed by atoms with E-state index in [-0.39, 0.29) is 0 Å². The number of thiazole rings is 1. The smallest absolute Gasteiger partial charge is 0.132 e. The van der Waals surface area contributed by atoms with Crippen LogP contribution in [0.25, 0.3) is 10.6 Å². The second-order valence-corrected chi connectivity index (χ2v) is 8.35. The van der Waals surface area contributed by atoms with Gasteiger partial charge in [-0.3, -0.25) is 0 Å². The van der Waals surface area contributed by atoms with E-state index < -0.39 is 0 Å². The van der Waals surface area contributed by atoms with E-state index in [9.17, 15) is 0 Å². The Morgan fingerprint density at radius 1 is 1.12 bits per heavy atom. The van der Waals surface area contributed by atoms with Crippen LogP contribution in [0, 0.1) is 12.8 Å². The van der Waals surface area contributed by atoms with Crippen LogP contribution in [0.3, 0.4) is 0 Å². The van der Waals surface area contributed by atoms with Crippen LogP contribution in [0.15, 0.2) is 42.7 Å². The molecule has 0 aliphatic heterocycles. The van der Waals surface area contributed by atoms with Crippen LogP contribution in [0.5, 0.6) is 0 Å². The molecular weight excluding hydrogens is 340 g/mol. The van der Waals surface area contributed by atoms with E-state index in [1.807, 2.05) is 36.7 Å². The molecule has 3 aromatic rings. The number of pyridine rings is 2. The Bertz CT molecular complexity index is 889. The average Bonchev–Trinajstić information content (AvgIpc) is 3.12. The third-order valence-electron chi connectivity index (χ3n) is 4.98. The molecule has 2 atom stereocenters. The van der Waals surface area contributed by atoms with E-state index in [4.69, 9.17) is 9.97 Å². The fraction of sp³-hybridized carbons (Fsp3) is 0.381. The highest BCUT2D eigenvalue weighted by Gasteiger charge is 2.23. The molecule has 0 amide bonds. The molecule has 4 nitrogen and oxygen atoms in total. The number of nitrogens with one attached hydrogen (secondary N) is 1. The number of hydrogen-bond donors (Lipinski definition) is 1. The molecule has 0 bridgehead atoms. The Labute approximate surface area is 158 Å². The topological polar surface area (TPSA) is 50.7 Å². The van der Waals surface area contributed by atoms with Gasteiger partial charge in [-0.1, -0.05) is 25.8 Å². The molecule has 0 saturated heterocycles. The van der Waals surface area contributed by atoms with Crippen LogP contribution < -0.4 is 5.32 Å². The molecule has 3 heterocycles. The summed E-state index contributed by atoms with van der Waals surface area (Å²) in [5.41, 5.74) is 2.14. The molecule has 5 heteroatoms. The summed E-state index contributed by atoms with van der Waals surface area (Å²) < 4.78 is 0. The van der Waals surface area contributed by atoms with Gasteiger partial charge in [-0.15, -0.1) is 11.3 Å². The van der Waals surface area contributed by atoms with E-state index in [0.717, 1.165) is 28.1 Å². The van der Waals surface area contributed by atoms with Gasteiger partial charge in [0.2, 0.25) is 0 Å². The zero-order chi connectivity index (χ0) is 17.9. The van der Waals surface area contributed by atoms with Crippen molar-refractivity contribution in [1.29, 1.82) is 0 Å². The minimum atomic E-state index is 0.621. The molecule has 1 aliphatic rings. The molecule has 1 aliphatic carbocycles. The monoisotopic (exact) mass is 364 g/mol. The van der Waals surface area contributed by atoms with Crippen LogP contribution in [0.2, 0.25) is 0 Å². The van der Waals surface area contributed by atoms with Crippen molar-refractivity contribution in [2.75, 3.05) is 5.32 Å². The molecule has 2 unspecified atom stereocenters. The van der Waals surface area contributed by atoms with E-state index >= 15 is 0 Å². The molecule has 1 N–H and O–H groups in total. The molecule has 0 spiro atoms. The summed E-state index contributed by atoms with van der Waals surface area (Å²) in [5.74, 6) is 3.06. The summed E-state index contributed by atoms with van der Waals surface area (Å²) in [7, 11) is 0. The van der Waals surface area contributed by atoms with Gasteiger partial charge in [0.05, 0.1) is 15.6 Å². The van der Waals surface area contributed by atoms with Gasteiger partial charge >= 0.3 is 0 Å². The van der Waals surface area contributed by atoms with Crippen LogP contribution >= 0.6 is 11.3 Å². The number of aromatic nitrogens is 3. The maximum Gasteiger partial charge on any atom is 0.132 e. The SMILES string of the molecule is Cc1ccnc(Nc2cccc(-c3cnc(C4CCCC(C)C4)s3)n2)c1. The van der Waals surface area contributed by atoms with Crippen molar-refractivity contribution in [3.63, 3.8) is 0 Å². The summed E-state index contributed by atoms with van der Waals surface area (Å²) in [5, 5.41) is 4.56. The molecule has 1 fully saturated rings. The van der Waals surface area contributed by atoms with Crippen molar-refractivity contribution in [2.45, 2.75) is 45.4 Å². The van der Waals surface area contributed by atoms with Crippen molar-refractivity contribution in [2.24, 2.45) is 5.92 Å². The molecule has 1 saturated carbocycles. The van der Waals surface area contributed by atoms with Gasteiger partial charge in [0.1, 0.15) is 11.6 Å². The lowest BCUT2D eigenvalue weighted by Gasteiger charge is -2.24. The van der Waals surface area contributed by atoms with Crippen LogP contribution in [-0.2, 0) is 0 Å². The summed E-state index contributed by atoms with van der Waals surface area (Å²) in [4.78, 5) is 15.0. The van der Waals surface area contributed by atoms with Gasteiger partial charge in [0.25, 0.3) is 0 Å². The first-order valence-electron chi connectivity index (χ1n) is 9.30. The van der Waals surface area contributed by atoms with E-state index in [1.165, 1.54) is 36.3 Å². The maximum absolute atomic E-state index is 4.76. The first-order valence-corrected chi connectivity index (χ1v) is 10.1. The molecule has 134 valence electrons. The Hall–Kier alpha value is -2.27. The molecular formula is C21H24N4S. The zero-order valence-electron chi connectivity index (χ0n) is 15.3. The van der Waals surface area contributed by atoms with Crippen LogP contribution in [-0.4, -0.2) is 15.0 Å². The minimum absolute atomic E-state index is 0.621. The molecule has 4 rings (SSSR count). The number of hydrogen-bond acceptors (Lipinski definition) is 5. The van der Waals surface area contributed by atoms with Gasteiger partial charge in [-0.2, -0.15) is 0 Å². The van der Waals surface area contributed by atoms with Gasteiger partial charge < -0.3 is 5.32 Å². The third-order valence-corrected chi connectivity index (χ3v) is 6.16. The lowest BCUT2D eigenvalue weighted by Crippen LogP contribution is -2.11. The van der Waals surface area contributed by atoms with Gasteiger partial charge in [0.15, 0.2) is 0 Å². The zero-order valence-corrected chi connectivity index (χ0v) is 16.1. The molecule has 26 heavy (non-hydrogen) atoms. The van der Waals surface area contributed by atoms with Crippen LogP contribution in [0.4, 0.5) is 11.6 Å². The van der Waals surface area contributed by atoms with Crippen molar-refractivity contribution in [3.8, 4) is 10.6 Å². The fourth-order valence-electron chi connectivity index (χ4n) is 3.63. The molecule has 0 aromatic carbocycles. The highest BCUT2D eigenvalue weighted by Crippen LogP contribution is 2.39. The fourth-order valence-corrected chi connectivity index (χ4v) is 4.67. The predicted octanol–water partition coefficient (Wildman–Crippen LogP) is 5.95. The quantitative estimate of drug-likeness (QED) is 0.622. The first kappa shape index (κ1) is 17.2. The normalized spacial score (nSPS) is 20.1. The average molecular weight is 365 g/mol. The molecule has 0 radical (unpaired) electrons. The number of aryl methyl sites for hydroxylation is 1. The van der Waals surface area contributed by atoms with Crippen molar-refractivity contribution >= 4 is 23.0 Å². The highest BCUT2D eigenvalue weighted by molar-refractivity contribution is 7.15. The van der Waals surface area contributed by atoms with Crippen molar-refractivity contribution < 1.29 is 0 Å². The second kappa shape index (κ2) is 7.54. The number of nitrogens with zero attached hydrogens (tertiary/aromatic N) is 3. The van der Waals surface area contributed by atoms with Crippen molar-refractivity contribution in [1.82, 2.24) is 15.0 Å². The number of rotatable bonds is 4. The Kier molecular flexibility index (Phi) is 4.98. The predicted molar refractivity (Wildman–Crippen MR) is 108 cm³/mol.